The molecule has 0 fully saturated rings. The molecule has 2 aromatic carbocycles. The quantitative estimate of drug-likeness (QED) is 0.761. The molecule has 4 rings (SSSR count). The lowest BCUT2D eigenvalue weighted by Crippen LogP contribution is -2.03. The lowest BCUT2D eigenvalue weighted by Gasteiger charge is -2.11. The highest BCUT2D eigenvalue weighted by Crippen LogP contribution is 2.29. The molecule has 0 spiro atoms. The first-order chi connectivity index (χ1) is 12.3. The van der Waals surface area contributed by atoms with Crippen molar-refractivity contribution in [3.63, 3.8) is 0 Å². The fourth-order valence-electron chi connectivity index (χ4n) is 2.78. The Morgan fingerprint density at radius 1 is 0.720 bits per heavy atom. The molecule has 25 heavy (non-hydrogen) atoms. The van der Waals surface area contributed by atoms with E-state index in [1.54, 1.807) is 12.1 Å². The summed E-state index contributed by atoms with van der Waals surface area (Å²) in [5.41, 5.74) is 2.51. The number of hydrogen-bond donors (Lipinski definition) is 1. The second-order valence-electron chi connectivity index (χ2n) is 5.83. The van der Waals surface area contributed by atoms with E-state index in [9.17, 15) is 5.11 Å². The molecule has 122 valence electrons. The lowest BCUT2D eigenvalue weighted by atomic mass is 10.1. The molecule has 1 aromatic heterocycles. The van der Waals surface area contributed by atoms with Crippen LogP contribution in [0.5, 0.6) is 5.75 Å². The van der Waals surface area contributed by atoms with E-state index >= 15 is 0 Å². The molecule has 1 aliphatic carbocycles. The molecule has 1 N–H and O–H groups in total. The van der Waals surface area contributed by atoms with Crippen molar-refractivity contribution < 1.29 is 5.11 Å². The first-order valence-electron chi connectivity index (χ1n) is 8.28. The van der Waals surface area contributed by atoms with Gasteiger partial charge >= 0.3 is 0 Å². The predicted octanol–water partition coefficient (Wildman–Crippen LogP) is 4.64. The van der Waals surface area contributed by atoms with Gasteiger partial charge in [-0.1, -0.05) is 60.7 Å². The van der Waals surface area contributed by atoms with E-state index in [1.165, 1.54) is 0 Å². The summed E-state index contributed by atoms with van der Waals surface area (Å²) in [6.07, 6.45) is 8.32. The Bertz CT molecular complexity index is 962. The van der Waals surface area contributed by atoms with Crippen molar-refractivity contribution in [1.29, 1.82) is 0 Å². The van der Waals surface area contributed by atoms with Gasteiger partial charge in [-0.25, -0.2) is 15.0 Å². The molecule has 4 nitrogen and oxygen atoms in total. The van der Waals surface area contributed by atoms with Gasteiger partial charge in [0.1, 0.15) is 5.75 Å². The van der Waals surface area contributed by atoms with Gasteiger partial charge in [-0.3, -0.25) is 0 Å². The highest BCUT2D eigenvalue weighted by molar-refractivity contribution is 5.74. The van der Waals surface area contributed by atoms with Gasteiger partial charge in [0.05, 0.1) is 5.56 Å². The van der Waals surface area contributed by atoms with E-state index in [0.717, 1.165) is 24.0 Å². The van der Waals surface area contributed by atoms with Gasteiger partial charge in [0.2, 0.25) is 0 Å². The molecule has 0 atom stereocenters. The van der Waals surface area contributed by atoms with Gasteiger partial charge in [0, 0.05) is 11.1 Å². The fraction of sp³-hybridized carbons (Fsp3) is 0.0952. The summed E-state index contributed by atoms with van der Waals surface area (Å²) in [5, 5.41) is 10.2. The van der Waals surface area contributed by atoms with Crippen LogP contribution in [0, 0.1) is 0 Å². The van der Waals surface area contributed by atoms with E-state index in [-0.39, 0.29) is 5.75 Å². The Kier molecular flexibility index (Phi) is 4.09. The summed E-state index contributed by atoms with van der Waals surface area (Å²) >= 11 is 0. The number of aromatic nitrogens is 3. The average Bonchev–Trinajstić information content (AvgIpc) is 2.69. The largest absolute Gasteiger partial charge is 0.507 e. The number of allylic oxidation sites excluding steroid dienone is 4. The van der Waals surface area contributed by atoms with Crippen LogP contribution in [-0.4, -0.2) is 20.1 Å². The number of phenols is 1. The van der Waals surface area contributed by atoms with E-state index in [4.69, 9.17) is 0 Å². The molecule has 1 aliphatic rings. The number of nitrogens with zero attached hydrogens (tertiary/aromatic N) is 3. The summed E-state index contributed by atoms with van der Waals surface area (Å²) < 4.78 is 0. The van der Waals surface area contributed by atoms with Crippen molar-refractivity contribution >= 4 is 5.57 Å². The summed E-state index contributed by atoms with van der Waals surface area (Å²) in [7, 11) is 0. The Morgan fingerprint density at radius 3 is 2.20 bits per heavy atom. The third-order valence-electron chi connectivity index (χ3n) is 4.07. The number of rotatable bonds is 3. The van der Waals surface area contributed by atoms with Crippen molar-refractivity contribution in [2.45, 2.75) is 12.8 Å². The molecule has 0 radical (unpaired) electrons. The van der Waals surface area contributed by atoms with Gasteiger partial charge in [0.25, 0.3) is 0 Å². The highest BCUT2D eigenvalue weighted by atomic mass is 16.3. The minimum Gasteiger partial charge on any atom is -0.507 e. The van der Waals surface area contributed by atoms with Crippen molar-refractivity contribution in [2.24, 2.45) is 0 Å². The van der Waals surface area contributed by atoms with Crippen LogP contribution in [0.3, 0.4) is 0 Å². The van der Waals surface area contributed by atoms with Crippen LogP contribution in [0.15, 0.2) is 72.8 Å². The minimum absolute atomic E-state index is 0.159. The molecule has 0 saturated heterocycles. The molecule has 0 aliphatic heterocycles. The van der Waals surface area contributed by atoms with Crippen LogP contribution in [0.2, 0.25) is 0 Å². The number of phenolic OH excluding ortho intramolecular Hbond substituents is 1. The maximum Gasteiger partial charge on any atom is 0.167 e. The van der Waals surface area contributed by atoms with Crippen LogP contribution in [-0.2, 0) is 0 Å². The fourth-order valence-corrected chi connectivity index (χ4v) is 2.78. The normalized spacial score (nSPS) is 13.5. The van der Waals surface area contributed by atoms with E-state index in [1.807, 2.05) is 48.5 Å². The minimum atomic E-state index is 0.159. The van der Waals surface area contributed by atoms with Crippen LogP contribution < -0.4 is 0 Å². The molecule has 4 heteroatoms. The Morgan fingerprint density at radius 2 is 1.44 bits per heavy atom. The summed E-state index contributed by atoms with van der Waals surface area (Å²) in [4.78, 5) is 13.9. The third kappa shape index (κ3) is 3.19. The first kappa shape index (κ1) is 15.3. The summed E-state index contributed by atoms with van der Waals surface area (Å²) in [6, 6.07) is 16.9. The monoisotopic (exact) mass is 327 g/mol. The zero-order valence-electron chi connectivity index (χ0n) is 13.6. The smallest absolute Gasteiger partial charge is 0.167 e. The predicted molar refractivity (Wildman–Crippen MR) is 98.7 cm³/mol. The maximum atomic E-state index is 10.2. The van der Waals surface area contributed by atoms with Crippen molar-refractivity contribution in [2.75, 3.05) is 0 Å². The molecule has 0 unspecified atom stereocenters. The lowest BCUT2D eigenvalue weighted by molar-refractivity contribution is 0.477. The molecular formula is C21H17N3O. The van der Waals surface area contributed by atoms with Gasteiger partial charge < -0.3 is 5.11 Å². The molecule has 3 aromatic rings. The Labute approximate surface area is 146 Å². The second-order valence-corrected chi connectivity index (χ2v) is 5.83. The maximum absolute atomic E-state index is 10.2. The van der Waals surface area contributed by atoms with Crippen LogP contribution in [0.25, 0.3) is 28.3 Å². The topological polar surface area (TPSA) is 58.9 Å². The number of hydrogen-bond acceptors (Lipinski definition) is 4. The standard InChI is InChI=1S/C21H17N3O/c25-18-14-8-7-13-17(18)21-23-19(15-9-3-1-4-10-15)22-20(24-21)16-11-5-2-6-12-16/h1,3-5,7-14,25H,2,6H2. The summed E-state index contributed by atoms with van der Waals surface area (Å²) in [5.74, 6) is 1.86. The van der Waals surface area contributed by atoms with Gasteiger partial charge in [-0.05, 0) is 25.0 Å². The van der Waals surface area contributed by atoms with Gasteiger partial charge in [-0.2, -0.15) is 0 Å². The van der Waals surface area contributed by atoms with Gasteiger partial charge in [0.15, 0.2) is 17.5 Å². The molecular weight excluding hydrogens is 310 g/mol. The summed E-state index contributed by atoms with van der Waals surface area (Å²) in [6.45, 7) is 0. The SMILES string of the molecule is Oc1ccccc1-c1nc(C2=CCCC=C2)nc(-c2ccccc2)n1. The van der Waals surface area contributed by atoms with Crippen molar-refractivity contribution in [3.8, 4) is 28.5 Å². The Balaban J connectivity index is 1.91. The van der Waals surface area contributed by atoms with E-state index < -0.39 is 0 Å². The third-order valence-corrected chi connectivity index (χ3v) is 4.07. The van der Waals surface area contributed by atoms with Gasteiger partial charge in [-0.15, -0.1) is 0 Å². The number of benzene rings is 2. The van der Waals surface area contributed by atoms with Crippen LogP contribution >= 0.6 is 0 Å². The van der Waals surface area contributed by atoms with Crippen molar-refractivity contribution in [3.05, 3.63) is 78.6 Å². The number of para-hydroxylation sites is 1. The average molecular weight is 327 g/mol. The van der Waals surface area contributed by atoms with E-state index in [0.29, 0.717) is 23.0 Å². The van der Waals surface area contributed by atoms with Crippen molar-refractivity contribution in [1.82, 2.24) is 15.0 Å². The number of aromatic hydroxyl groups is 1. The molecule has 0 amide bonds. The second kappa shape index (κ2) is 6.69. The molecule has 0 saturated carbocycles. The first-order valence-corrected chi connectivity index (χ1v) is 8.28. The zero-order chi connectivity index (χ0) is 17.1. The Hall–Kier alpha value is -3.27. The van der Waals surface area contributed by atoms with E-state index in [2.05, 4.69) is 27.1 Å². The molecule has 0 bridgehead atoms. The molecule has 1 heterocycles. The van der Waals surface area contributed by atoms with Crippen LogP contribution in [0.4, 0.5) is 0 Å². The zero-order valence-corrected chi connectivity index (χ0v) is 13.6. The van der Waals surface area contributed by atoms with Crippen LogP contribution in [0.1, 0.15) is 18.7 Å². The highest BCUT2D eigenvalue weighted by Gasteiger charge is 2.14.